The van der Waals surface area contributed by atoms with Gasteiger partial charge in [0.05, 0.1) is 18.3 Å². The van der Waals surface area contributed by atoms with Crippen LogP contribution in [0.1, 0.15) is 48.2 Å². The van der Waals surface area contributed by atoms with Crippen molar-refractivity contribution in [3.8, 4) is 0 Å². The number of carbonyl (C=O) groups is 1. The Morgan fingerprint density at radius 3 is 2.95 bits per heavy atom. The lowest BCUT2D eigenvalue weighted by molar-refractivity contribution is -0.130. The highest BCUT2D eigenvalue weighted by Gasteiger charge is 2.36. The van der Waals surface area contributed by atoms with Gasteiger partial charge in [-0.05, 0) is 43.5 Å². The molecule has 1 fully saturated rings. The summed E-state index contributed by atoms with van der Waals surface area (Å²) < 4.78 is 5.58. The summed E-state index contributed by atoms with van der Waals surface area (Å²) in [5.41, 5.74) is 3.58. The van der Waals surface area contributed by atoms with Gasteiger partial charge in [0, 0.05) is 18.7 Å². The van der Waals surface area contributed by atoms with Gasteiger partial charge in [0.15, 0.2) is 0 Å². The first-order valence-corrected chi connectivity index (χ1v) is 7.92. The molecule has 4 nitrogen and oxygen atoms in total. The van der Waals surface area contributed by atoms with Gasteiger partial charge in [-0.1, -0.05) is 17.7 Å². The predicted octanol–water partition coefficient (Wildman–Crippen LogP) is 3.81. The van der Waals surface area contributed by atoms with E-state index in [4.69, 9.17) is 4.42 Å². The van der Waals surface area contributed by atoms with E-state index in [1.54, 1.807) is 6.26 Å². The average molecular weight is 296 g/mol. The van der Waals surface area contributed by atoms with Crippen molar-refractivity contribution in [3.05, 3.63) is 53.5 Å². The second-order valence-corrected chi connectivity index (χ2v) is 6.25. The Bertz CT molecular complexity index is 693. The zero-order valence-electron chi connectivity index (χ0n) is 12.7. The molecule has 2 aliphatic rings. The summed E-state index contributed by atoms with van der Waals surface area (Å²) in [6.45, 7) is 2.96. The summed E-state index contributed by atoms with van der Waals surface area (Å²) in [7, 11) is 0. The van der Waals surface area contributed by atoms with Gasteiger partial charge in [-0.3, -0.25) is 4.79 Å². The highest BCUT2D eigenvalue weighted by molar-refractivity contribution is 5.79. The van der Waals surface area contributed by atoms with Gasteiger partial charge in [0.25, 0.3) is 0 Å². The maximum absolute atomic E-state index is 12.2. The molecule has 2 aromatic rings. The van der Waals surface area contributed by atoms with Crippen LogP contribution >= 0.6 is 0 Å². The number of nitrogens with one attached hydrogen (secondary N) is 1. The van der Waals surface area contributed by atoms with Gasteiger partial charge in [0.2, 0.25) is 5.91 Å². The first kappa shape index (κ1) is 13.4. The summed E-state index contributed by atoms with van der Waals surface area (Å²) in [5, 5.41) is 3.56. The molecule has 22 heavy (non-hydrogen) atoms. The number of hydrogen-bond acceptors (Lipinski definition) is 3. The first-order chi connectivity index (χ1) is 10.7. The molecule has 0 unspecified atom stereocenters. The minimum Gasteiger partial charge on any atom is -0.467 e. The summed E-state index contributed by atoms with van der Waals surface area (Å²) in [6, 6.07) is 10.6. The Kier molecular flexibility index (Phi) is 3.17. The van der Waals surface area contributed by atoms with Crippen LogP contribution in [0.4, 0.5) is 5.69 Å². The van der Waals surface area contributed by atoms with Gasteiger partial charge in [-0.2, -0.15) is 0 Å². The number of anilines is 1. The molecule has 0 spiro atoms. The molecule has 4 rings (SSSR count). The molecule has 1 N–H and O–H groups in total. The van der Waals surface area contributed by atoms with Crippen molar-refractivity contribution in [2.75, 3.05) is 11.9 Å². The lowest BCUT2D eigenvalue weighted by Crippen LogP contribution is -2.35. The van der Waals surface area contributed by atoms with Crippen molar-refractivity contribution in [1.82, 2.24) is 4.90 Å². The summed E-state index contributed by atoms with van der Waals surface area (Å²) >= 11 is 0. The third kappa shape index (κ3) is 2.19. The molecule has 0 bridgehead atoms. The number of benzene rings is 1. The zero-order chi connectivity index (χ0) is 15.1. The van der Waals surface area contributed by atoms with Crippen LogP contribution in [0.5, 0.6) is 0 Å². The van der Waals surface area contributed by atoms with Crippen molar-refractivity contribution in [2.24, 2.45) is 0 Å². The summed E-state index contributed by atoms with van der Waals surface area (Å²) in [4.78, 5) is 14.3. The molecule has 1 amide bonds. The Balaban J connectivity index is 1.75. The van der Waals surface area contributed by atoms with Crippen LogP contribution in [0.3, 0.4) is 0 Å². The third-order valence-corrected chi connectivity index (χ3v) is 4.73. The Hall–Kier alpha value is -2.23. The molecule has 1 saturated heterocycles. The molecule has 0 aliphatic carbocycles. The lowest BCUT2D eigenvalue weighted by atomic mass is 9.89. The van der Waals surface area contributed by atoms with E-state index < -0.39 is 0 Å². The number of amides is 1. The smallest absolute Gasteiger partial charge is 0.223 e. The van der Waals surface area contributed by atoms with Crippen LogP contribution in [0, 0.1) is 6.92 Å². The quantitative estimate of drug-likeness (QED) is 0.916. The van der Waals surface area contributed by atoms with Crippen LogP contribution in [0.2, 0.25) is 0 Å². The largest absolute Gasteiger partial charge is 0.467 e. The van der Waals surface area contributed by atoms with E-state index in [0.29, 0.717) is 6.42 Å². The molecule has 4 heteroatoms. The van der Waals surface area contributed by atoms with Gasteiger partial charge >= 0.3 is 0 Å². The number of fused-ring (bicyclic) bond motifs is 1. The van der Waals surface area contributed by atoms with Gasteiger partial charge in [-0.15, -0.1) is 0 Å². The highest BCUT2D eigenvalue weighted by Crippen LogP contribution is 2.43. The standard InChI is InChI=1S/C18H20N2O2/c1-12-6-7-14-13(10-12)16(20-8-2-5-18(20)21)11-15(19-14)17-4-3-9-22-17/h3-4,6-7,9-10,15-16,19H,2,5,8,11H2,1H3/t15-,16+/m0/s1. The van der Waals surface area contributed by atoms with E-state index in [0.717, 1.165) is 30.8 Å². The van der Waals surface area contributed by atoms with Crippen molar-refractivity contribution in [3.63, 3.8) is 0 Å². The second kappa shape index (κ2) is 5.20. The van der Waals surface area contributed by atoms with Crippen LogP contribution < -0.4 is 5.32 Å². The number of nitrogens with zero attached hydrogens (tertiary/aromatic N) is 1. The van der Waals surface area contributed by atoms with Crippen molar-refractivity contribution in [1.29, 1.82) is 0 Å². The topological polar surface area (TPSA) is 45.5 Å². The van der Waals surface area contributed by atoms with Gasteiger partial charge in [0.1, 0.15) is 5.76 Å². The fourth-order valence-corrected chi connectivity index (χ4v) is 3.66. The molecular formula is C18H20N2O2. The second-order valence-electron chi connectivity index (χ2n) is 6.25. The van der Waals surface area contributed by atoms with Crippen LogP contribution in [-0.4, -0.2) is 17.4 Å². The van der Waals surface area contributed by atoms with Crippen molar-refractivity contribution in [2.45, 2.75) is 38.3 Å². The number of likely N-dealkylation sites (tertiary alicyclic amines) is 1. The Labute approximate surface area is 130 Å². The molecule has 0 saturated carbocycles. The monoisotopic (exact) mass is 296 g/mol. The van der Waals surface area contributed by atoms with E-state index in [1.807, 2.05) is 12.1 Å². The first-order valence-electron chi connectivity index (χ1n) is 7.92. The van der Waals surface area contributed by atoms with Gasteiger partial charge in [-0.25, -0.2) is 0 Å². The summed E-state index contributed by atoms with van der Waals surface area (Å²) in [6.07, 6.45) is 4.21. The third-order valence-electron chi connectivity index (χ3n) is 4.73. The fourth-order valence-electron chi connectivity index (χ4n) is 3.66. The number of hydrogen-bond donors (Lipinski definition) is 1. The SMILES string of the molecule is Cc1ccc2c(c1)[C@H](N1CCCC1=O)C[C@@H](c1ccco1)N2. The normalized spacial score (nSPS) is 24.2. The Morgan fingerprint density at radius 2 is 2.23 bits per heavy atom. The molecule has 1 aromatic carbocycles. The molecule has 2 aliphatic heterocycles. The van der Waals surface area contributed by atoms with Crippen LogP contribution in [-0.2, 0) is 4.79 Å². The maximum Gasteiger partial charge on any atom is 0.223 e. The van der Waals surface area contributed by atoms with Crippen LogP contribution in [0.25, 0.3) is 0 Å². The zero-order valence-corrected chi connectivity index (χ0v) is 12.7. The summed E-state index contributed by atoms with van der Waals surface area (Å²) in [5.74, 6) is 1.21. The minimum absolute atomic E-state index is 0.114. The van der Waals surface area contributed by atoms with E-state index in [2.05, 4.69) is 35.3 Å². The van der Waals surface area contributed by atoms with E-state index >= 15 is 0 Å². The maximum atomic E-state index is 12.2. The van der Waals surface area contributed by atoms with E-state index in [-0.39, 0.29) is 18.0 Å². The highest BCUT2D eigenvalue weighted by atomic mass is 16.3. The number of carbonyl (C=O) groups excluding carboxylic acids is 1. The van der Waals surface area contributed by atoms with Crippen molar-refractivity contribution < 1.29 is 9.21 Å². The van der Waals surface area contributed by atoms with E-state index in [1.165, 1.54) is 11.1 Å². The van der Waals surface area contributed by atoms with Crippen molar-refractivity contribution >= 4 is 11.6 Å². The number of aryl methyl sites for hydroxylation is 1. The molecule has 0 radical (unpaired) electrons. The molecule has 114 valence electrons. The average Bonchev–Trinajstić information content (AvgIpc) is 3.18. The van der Waals surface area contributed by atoms with Gasteiger partial charge < -0.3 is 14.6 Å². The number of rotatable bonds is 2. The molecular weight excluding hydrogens is 276 g/mol. The van der Waals surface area contributed by atoms with Crippen LogP contribution in [0.15, 0.2) is 41.0 Å². The molecule has 1 aromatic heterocycles. The molecule has 3 heterocycles. The minimum atomic E-state index is 0.114. The predicted molar refractivity (Wildman–Crippen MR) is 84.6 cm³/mol. The lowest BCUT2D eigenvalue weighted by Gasteiger charge is -2.37. The molecule has 2 atom stereocenters. The van der Waals surface area contributed by atoms with E-state index in [9.17, 15) is 4.79 Å². The number of furan rings is 1. The fraction of sp³-hybridized carbons (Fsp3) is 0.389. The Morgan fingerprint density at radius 1 is 1.32 bits per heavy atom.